The predicted octanol–water partition coefficient (Wildman–Crippen LogP) is 1.94. The number of hydrogen-bond donors (Lipinski definition) is 2. The maximum absolute atomic E-state index is 12.6. The van der Waals surface area contributed by atoms with Crippen LogP contribution in [0, 0.1) is 5.92 Å². The molecule has 2 aliphatic rings. The summed E-state index contributed by atoms with van der Waals surface area (Å²) >= 11 is 0. The van der Waals surface area contributed by atoms with Gasteiger partial charge in [0.2, 0.25) is 5.91 Å². The molecular formula is C16H23N3O. The molecule has 1 amide bonds. The number of benzene rings is 1. The van der Waals surface area contributed by atoms with E-state index in [9.17, 15) is 4.79 Å². The van der Waals surface area contributed by atoms with Gasteiger partial charge in [0, 0.05) is 24.3 Å². The Kier molecular flexibility index (Phi) is 3.92. The Balaban J connectivity index is 1.74. The van der Waals surface area contributed by atoms with E-state index in [0.29, 0.717) is 12.3 Å². The zero-order valence-electron chi connectivity index (χ0n) is 11.9. The van der Waals surface area contributed by atoms with Gasteiger partial charge in [-0.25, -0.2) is 0 Å². The highest BCUT2D eigenvalue weighted by Gasteiger charge is 2.26. The summed E-state index contributed by atoms with van der Waals surface area (Å²) in [4.78, 5) is 14.6. The van der Waals surface area contributed by atoms with E-state index in [-0.39, 0.29) is 5.91 Å². The molecule has 0 unspecified atom stereocenters. The lowest BCUT2D eigenvalue weighted by molar-refractivity contribution is -0.119. The van der Waals surface area contributed by atoms with Crippen molar-refractivity contribution in [2.75, 3.05) is 30.3 Å². The number of nitrogen functional groups attached to an aromatic ring is 1. The van der Waals surface area contributed by atoms with Gasteiger partial charge in [0.15, 0.2) is 0 Å². The number of carbonyl (C=O) groups is 1. The van der Waals surface area contributed by atoms with Crippen LogP contribution >= 0.6 is 0 Å². The number of fused-ring (bicyclic) bond motifs is 1. The number of anilines is 2. The van der Waals surface area contributed by atoms with Crippen LogP contribution in [0.1, 0.15) is 31.2 Å². The fourth-order valence-corrected chi connectivity index (χ4v) is 3.35. The minimum Gasteiger partial charge on any atom is -0.398 e. The molecule has 0 aliphatic carbocycles. The van der Waals surface area contributed by atoms with Crippen molar-refractivity contribution in [3.05, 3.63) is 23.8 Å². The van der Waals surface area contributed by atoms with E-state index >= 15 is 0 Å². The van der Waals surface area contributed by atoms with E-state index in [2.05, 4.69) is 5.32 Å². The molecule has 3 N–H and O–H groups in total. The first-order chi connectivity index (χ1) is 9.75. The van der Waals surface area contributed by atoms with Crippen LogP contribution in [0.4, 0.5) is 11.4 Å². The highest BCUT2D eigenvalue weighted by molar-refractivity contribution is 5.95. The van der Waals surface area contributed by atoms with E-state index in [1.807, 2.05) is 23.1 Å². The first kappa shape index (κ1) is 13.4. The Bertz CT molecular complexity index is 494. The highest BCUT2D eigenvalue weighted by atomic mass is 16.2. The molecule has 4 nitrogen and oxygen atoms in total. The number of amides is 1. The minimum atomic E-state index is 0.267. The Morgan fingerprint density at radius 2 is 2.15 bits per heavy atom. The van der Waals surface area contributed by atoms with Gasteiger partial charge in [-0.15, -0.1) is 0 Å². The fraction of sp³-hybridized carbons (Fsp3) is 0.562. The summed E-state index contributed by atoms with van der Waals surface area (Å²) in [5.74, 6) is 0.804. The van der Waals surface area contributed by atoms with E-state index < -0.39 is 0 Å². The van der Waals surface area contributed by atoms with Crippen molar-refractivity contribution in [3.8, 4) is 0 Å². The van der Waals surface area contributed by atoms with E-state index in [1.54, 1.807) is 0 Å². The molecule has 0 spiro atoms. The lowest BCUT2D eigenvalue weighted by atomic mass is 9.93. The van der Waals surface area contributed by atoms with Gasteiger partial charge in [-0.1, -0.05) is 6.07 Å². The fourth-order valence-electron chi connectivity index (χ4n) is 3.35. The number of nitrogens with two attached hydrogens (primary N) is 1. The molecule has 0 radical (unpaired) electrons. The molecule has 1 aromatic rings. The third-order valence-electron chi connectivity index (χ3n) is 4.51. The van der Waals surface area contributed by atoms with Gasteiger partial charge in [-0.05, 0) is 62.4 Å². The summed E-state index contributed by atoms with van der Waals surface area (Å²) in [6, 6.07) is 5.91. The number of carbonyl (C=O) groups excluding carboxylic acids is 1. The molecule has 0 bridgehead atoms. The first-order valence-corrected chi connectivity index (χ1v) is 7.64. The van der Waals surface area contributed by atoms with Gasteiger partial charge in [0.1, 0.15) is 0 Å². The van der Waals surface area contributed by atoms with Crippen molar-refractivity contribution in [2.45, 2.75) is 32.1 Å². The van der Waals surface area contributed by atoms with Crippen LogP contribution in [0.15, 0.2) is 18.2 Å². The van der Waals surface area contributed by atoms with Crippen molar-refractivity contribution in [1.82, 2.24) is 5.32 Å². The molecule has 20 heavy (non-hydrogen) atoms. The van der Waals surface area contributed by atoms with Gasteiger partial charge >= 0.3 is 0 Å². The zero-order valence-corrected chi connectivity index (χ0v) is 11.9. The third-order valence-corrected chi connectivity index (χ3v) is 4.51. The zero-order chi connectivity index (χ0) is 13.9. The van der Waals surface area contributed by atoms with Crippen molar-refractivity contribution in [3.63, 3.8) is 0 Å². The average molecular weight is 273 g/mol. The first-order valence-electron chi connectivity index (χ1n) is 7.64. The molecule has 2 aliphatic heterocycles. The summed E-state index contributed by atoms with van der Waals surface area (Å²) in [5, 5.41) is 3.35. The second-order valence-corrected chi connectivity index (χ2v) is 5.89. The predicted molar refractivity (Wildman–Crippen MR) is 81.7 cm³/mol. The SMILES string of the molecule is Nc1cccc2c1CCCN2C(=O)CC1CCNCC1. The monoisotopic (exact) mass is 273 g/mol. The molecule has 1 fully saturated rings. The minimum absolute atomic E-state index is 0.267. The summed E-state index contributed by atoms with van der Waals surface area (Å²) in [7, 11) is 0. The van der Waals surface area contributed by atoms with Crippen LogP contribution in [0.25, 0.3) is 0 Å². The molecule has 4 heteroatoms. The Labute approximate surface area is 120 Å². The number of nitrogens with zero attached hydrogens (tertiary/aromatic N) is 1. The van der Waals surface area contributed by atoms with Gasteiger partial charge in [-0.2, -0.15) is 0 Å². The highest BCUT2D eigenvalue weighted by Crippen LogP contribution is 2.32. The maximum Gasteiger partial charge on any atom is 0.227 e. The van der Waals surface area contributed by atoms with Gasteiger partial charge < -0.3 is 16.0 Å². The van der Waals surface area contributed by atoms with Crippen LogP contribution in [0.3, 0.4) is 0 Å². The van der Waals surface area contributed by atoms with Crippen LogP contribution < -0.4 is 16.0 Å². The van der Waals surface area contributed by atoms with Crippen LogP contribution in [0.2, 0.25) is 0 Å². The lowest BCUT2D eigenvalue weighted by Crippen LogP contribution is -2.38. The molecule has 0 aromatic heterocycles. The molecule has 0 saturated carbocycles. The molecular weight excluding hydrogens is 250 g/mol. The molecule has 3 rings (SSSR count). The van der Waals surface area contributed by atoms with Crippen LogP contribution in [0.5, 0.6) is 0 Å². The standard InChI is InChI=1S/C16H23N3O/c17-14-4-1-5-15-13(14)3-2-10-19(15)16(20)11-12-6-8-18-9-7-12/h1,4-5,12,18H,2-3,6-11,17H2. The van der Waals surface area contributed by atoms with Gasteiger partial charge in [0.25, 0.3) is 0 Å². The molecule has 1 saturated heterocycles. The smallest absolute Gasteiger partial charge is 0.227 e. The van der Waals surface area contributed by atoms with Crippen LogP contribution in [-0.2, 0) is 11.2 Å². The van der Waals surface area contributed by atoms with E-state index in [1.165, 1.54) is 0 Å². The third kappa shape index (κ3) is 2.66. The second kappa shape index (κ2) is 5.83. The number of hydrogen-bond acceptors (Lipinski definition) is 3. The van der Waals surface area contributed by atoms with Crippen molar-refractivity contribution in [1.29, 1.82) is 0 Å². The van der Waals surface area contributed by atoms with Gasteiger partial charge in [-0.3, -0.25) is 4.79 Å². The van der Waals surface area contributed by atoms with E-state index in [0.717, 1.165) is 62.3 Å². The Morgan fingerprint density at radius 3 is 2.95 bits per heavy atom. The Morgan fingerprint density at radius 1 is 1.35 bits per heavy atom. The number of rotatable bonds is 2. The second-order valence-electron chi connectivity index (χ2n) is 5.89. The molecule has 2 heterocycles. The molecule has 1 aromatic carbocycles. The van der Waals surface area contributed by atoms with Crippen molar-refractivity contribution in [2.24, 2.45) is 5.92 Å². The lowest BCUT2D eigenvalue weighted by Gasteiger charge is -2.32. The summed E-state index contributed by atoms with van der Waals surface area (Å²) < 4.78 is 0. The number of piperidine rings is 1. The quantitative estimate of drug-likeness (QED) is 0.810. The van der Waals surface area contributed by atoms with Crippen LogP contribution in [-0.4, -0.2) is 25.5 Å². The Hall–Kier alpha value is -1.55. The van der Waals surface area contributed by atoms with Crippen molar-refractivity contribution >= 4 is 17.3 Å². The van der Waals surface area contributed by atoms with E-state index in [4.69, 9.17) is 5.73 Å². The van der Waals surface area contributed by atoms with Crippen molar-refractivity contribution < 1.29 is 4.79 Å². The normalized spacial score (nSPS) is 19.7. The maximum atomic E-state index is 12.6. The van der Waals surface area contributed by atoms with Gasteiger partial charge in [0.05, 0.1) is 0 Å². The summed E-state index contributed by atoms with van der Waals surface area (Å²) in [5.41, 5.74) is 9.05. The number of nitrogens with one attached hydrogen (secondary N) is 1. The largest absolute Gasteiger partial charge is 0.398 e. The topological polar surface area (TPSA) is 58.4 Å². The summed E-state index contributed by atoms with van der Waals surface area (Å²) in [6.45, 7) is 2.92. The molecule has 0 atom stereocenters. The molecule has 108 valence electrons. The average Bonchev–Trinajstić information content (AvgIpc) is 2.48. The summed E-state index contributed by atoms with van der Waals surface area (Å²) in [6.07, 6.45) is 4.90.